The minimum Gasteiger partial charge on any atom is -0.237 e. The Labute approximate surface area is 75.1 Å². The van der Waals surface area contributed by atoms with Crippen molar-refractivity contribution in [1.82, 2.24) is 9.97 Å². The smallest absolute Gasteiger partial charge is 0.159 e. The van der Waals surface area contributed by atoms with Crippen molar-refractivity contribution in [2.75, 3.05) is 0 Å². The fourth-order valence-corrected chi connectivity index (χ4v) is 0.908. The Balaban J connectivity index is 0.000000605. The fourth-order valence-electron chi connectivity index (χ4n) is 0.908. The molecule has 0 N–H and O–H groups in total. The van der Waals surface area contributed by atoms with Gasteiger partial charge in [0.2, 0.25) is 0 Å². The second-order valence-corrected chi connectivity index (χ2v) is 2.05. The minimum atomic E-state index is 0. The molecule has 0 amide bonds. The SMILES string of the molecule is [Cu].c1cnc2ncccc2c1. The number of hydrogen-bond donors (Lipinski definition) is 0. The number of nitrogens with zero attached hydrogens (tertiary/aromatic N) is 2. The Bertz CT molecular complexity index is 283. The summed E-state index contributed by atoms with van der Waals surface area (Å²) in [6.07, 6.45) is 3.49. The predicted octanol–water partition coefficient (Wildman–Crippen LogP) is 1.63. The first-order valence-corrected chi connectivity index (χ1v) is 3.12. The number of fused-ring (bicyclic) bond motifs is 1. The Morgan fingerprint density at radius 3 is 1.91 bits per heavy atom. The summed E-state index contributed by atoms with van der Waals surface area (Å²) in [6, 6.07) is 7.80. The van der Waals surface area contributed by atoms with E-state index >= 15 is 0 Å². The van der Waals surface area contributed by atoms with E-state index in [1.54, 1.807) is 12.4 Å². The van der Waals surface area contributed by atoms with Crippen LogP contribution in [0.3, 0.4) is 0 Å². The number of rotatable bonds is 0. The van der Waals surface area contributed by atoms with Crippen LogP contribution in [0.1, 0.15) is 0 Å². The van der Waals surface area contributed by atoms with Crippen molar-refractivity contribution < 1.29 is 17.1 Å². The fraction of sp³-hybridized carbons (Fsp3) is 0. The van der Waals surface area contributed by atoms with Gasteiger partial charge in [-0.15, -0.1) is 0 Å². The minimum absolute atomic E-state index is 0. The average Bonchev–Trinajstić information content (AvgIpc) is 2.05. The van der Waals surface area contributed by atoms with Gasteiger partial charge in [0, 0.05) is 34.8 Å². The molecular formula is C8H6CuN2. The van der Waals surface area contributed by atoms with Gasteiger partial charge in [0.1, 0.15) is 0 Å². The average molecular weight is 194 g/mol. The van der Waals surface area contributed by atoms with Crippen LogP contribution in [0.15, 0.2) is 36.7 Å². The van der Waals surface area contributed by atoms with Crippen LogP contribution in [-0.2, 0) is 17.1 Å². The third-order valence-corrected chi connectivity index (χ3v) is 1.38. The molecule has 3 heteroatoms. The summed E-state index contributed by atoms with van der Waals surface area (Å²) in [5, 5.41) is 1.09. The molecule has 0 unspecified atom stereocenters. The molecule has 0 saturated carbocycles. The van der Waals surface area contributed by atoms with Crippen LogP contribution in [-0.4, -0.2) is 9.97 Å². The van der Waals surface area contributed by atoms with Gasteiger partial charge in [0.15, 0.2) is 5.65 Å². The third-order valence-electron chi connectivity index (χ3n) is 1.38. The molecule has 0 spiro atoms. The molecule has 0 atom stereocenters. The van der Waals surface area contributed by atoms with Gasteiger partial charge in [0.05, 0.1) is 0 Å². The molecule has 0 aliphatic heterocycles. The number of hydrogen-bond acceptors (Lipinski definition) is 2. The summed E-state index contributed by atoms with van der Waals surface area (Å²) in [5.41, 5.74) is 0.810. The van der Waals surface area contributed by atoms with Crippen LogP contribution in [0.25, 0.3) is 11.0 Å². The van der Waals surface area contributed by atoms with E-state index in [9.17, 15) is 0 Å². The second-order valence-electron chi connectivity index (χ2n) is 2.05. The first-order chi connectivity index (χ1) is 4.97. The predicted molar refractivity (Wildman–Crippen MR) is 39.5 cm³/mol. The van der Waals surface area contributed by atoms with Crippen LogP contribution >= 0.6 is 0 Å². The van der Waals surface area contributed by atoms with E-state index in [2.05, 4.69) is 9.97 Å². The first kappa shape index (κ1) is 8.18. The van der Waals surface area contributed by atoms with E-state index in [1.165, 1.54) is 0 Å². The molecule has 0 aromatic carbocycles. The van der Waals surface area contributed by atoms with Gasteiger partial charge in [0.25, 0.3) is 0 Å². The molecule has 2 heterocycles. The first-order valence-electron chi connectivity index (χ1n) is 3.12. The normalized spacial score (nSPS) is 9.09. The molecule has 0 saturated heterocycles. The topological polar surface area (TPSA) is 25.8 Å². The van der Waals surface area contributed by atoms with Crippen LogP contribution < -0.4 is 0 Å². The molecule has 11 heavy (non-hydrogen) atoms. The zero-order chi connectivity index (χ0) is 6.81. The summed E-state index contributed by atoms with van der Waals surface area (Å²) in [6.45, 7) is 0. The Morgan fingerprint density at radius 1 is 0.909 bits per heavy atom. The summed E-state index contributed by atoms with van der Waals surface area (Å²) in [7, 11) is 0. The van der Waals surface area contributed by atoms with Gasteiger partial charge < -0.3 is 0 Å². The van der Waals surface area contributed by atoms with Crippen molar-refractivity contribution in [2.24, 2.45) is 0 Å². The third kappa shape index (κ3) is 1.56. The molecule has 2 nitrogen and oxygen atoms in total. The number of aromatic nitrogens is 2. The molecule has 2 aromatic rings. The van der Waals surface area contributed by atoms with E-state index in [1.807, 2.05) is 24.3 Å². The van der Waals surface area contributed by atoms with Crippen molar-refractivity contribution >= 4 is 11.0 Å². The van der Waals surface area contributed by atoms with Crippen LogP contribution in [0, 0.1) is 0 Å². The van der Waals surface area contributed by atoms with E-state index in [-0.39, 0.29) is 17.1 Å². The quantitative estimate of drug-likeness (QED) is 0.595. The Kier molecular flexibility index (Phi) is 2.58. The summed E-state index contributed by atoms with van der Waals surface area (Å²) >= 11 is 0. The molecule has 59 valence electrons. The van der Waals surface area contributed by atoms with Crippen LogP contribution in [0.4, 0.5) is 0 Å². The van der Waals surface area contributed by atoms with Gasteiger partial charge in [-0.2, -0.15) is 0 Å². The van der Waals surface area contributed by atoms with Gasteiger partial charge in [-0.05, 0) is 24.3 Å². The van der Waals surface area contributed by atoms with Crippen molar-refractivity contribution in [3.8, 4) is 0 Å². The molecule has 0 aliphatic rings. The van der Waals surface area contributed by atoms with Gasteiger partial charge >= 0.3 is 0 Å². The monoisotopic (exact) mass is 193 g/mol. The van der Waals surface area contributed by atoms with Crippen molar-refractivity contribution in [3.05, 3.63) is 36.7 Å². The molecule has 2 aromatic heterocycles. The van der Waals surface area contributed by atoms with Crippen LogP contribution in [0.2, 0.25) is 0 Å². The molecule has 0 fully saturated rings. The zero-order valence-corrected chi connectivity index (χ0v) is 6.60. The molecular weight excluding hydrogens is 188 g/mol. The standard InChI is InChI=1S/C8H6N2.Cu/c1-3-7-4-2-6-10-8(7)9-5-1;/h1-6H;. The van der Waals surface area contributed by atoms with Crippen molar-refractivity contribution in [1.29, 1.82) is 0 Å². The molecule has 2 rings (SSSR count). The molecule has 0 bridgehead atoms. The second kappa shape index (κ2) is 3.46. The van der Waals surface area contributed by atoms with E-state index in [4.69, 9.17) is 0 Å². The Morgan fingerprint density at radius 2 is 1.45 bits per heavy atom. The van der Waals surface area contributed by atoms with Gasteiger partial charge in [-0.3, -0.25) is 0 Å². The van der Waals surface area contributed by atoms with Crippen molar-refractivity contribution in [2.45, 2.75) is 0 Å². The van der Waals surface area contributed by atoms with E-state index < -0.39 is 0 Å². The largest absolute Gasteiger partial charge is 0.237 e. The summed E-state index contributed by atoms with van der Waals surface area (Å²) in [5.74, 6) is 0. The van der Waals surface area contributed by atoms with E-state index in [0.29, 0.717) is 0 Å². The maximum absolute atomic E-state index is 4.07. The maximum atomic E-state index is 4.07. The van der Waals surface area contributed by atoms with Crippen LogP contribution in [0.5, 0.6) is 0 Å². The zero-order valence-electron chi connectivity index (χ0n) is 5.66. The maximum Gasteiger partial charge on any atom is 0.159 e. The van der Waals surface area contributed by atoms with Crippen molar-refractivity contribution in [3.63, 3.8) is 0 Å². The van der Waals surface area contributed by atoms with Gasteiger partial charge in [-0.1, -0.05) is 0 Å². The van der Waals surface area contributed by atoms with Gasteiger partial charge in [-0.25, -0.2) is 9.97 Å². The Hall–Kier alpha value is -0.921. The molecule has 0 aliphatic carbocycles. The summed E-state index contributed by atoms with van der Waals surface area (Å²) < 4.78 is 0. The summed E-state index contributed by atoms with van der Waals surface area (Å²) in [4.78, 5) is 8.14. The van der Waals surface area contributed by atoms with E-state index in [0.717, 1.165) is 11.0 Å². The number of pyridine rings is 2. The molecule has 1 radical (unpaired) electrons.